The van der Waals surface area contributed by atoms with E-state index in [0.717, 1.165) is 42.5 Å². The van der Waals surface area contributed by atoms with Crippen LogP contribution in [0.15, 0.2) is 55.0 Å². The molecule has 1 saturated heterocycles. The normalized spacial score (nSPS) is 16.6. The number of rotatable bonds is 4. The van der Waals surface area contributed by atoms with Crippen LogP contribution in [0.1, 0.15) is 40.6 Å². The van der Waals surface area contributed by atoms with E-state index in [1.165, 1.54) is 0 Å². The van der Waals surface area contributed by atoms with Crippen molar-refractivity contribution in [1.29, 1.82) is 0 Å². The average molecular weight is 374 g/mol. The SMILES string of the molecule is Cc1cc(Nc2ccccn2)nc([C@@H]2CCCN(C(=O)c3cccnc3)C2)n1. The fourth-order valence-electron chi connectivity index (χ4n) is 3.45. The lowest BCUT2D eigenvalue weighted by Crippen LogP contribution is -2.39. The molecule has 4 heterocycles. The highest BCUT2D eigenvalue weighted by Crippen LogP contribution is 2.27. The Balaban J connectivity index is 1.52. The first-order valence-electron chi connectivity index (χ1n) is 9.42. The van der Waals surface area contributed by atoms with E-state index in [4.69, 9.17) is 4.98 Å². The molecule has 0 spiro atoms. The highest BCUT2D eigenvalue weighted by atomic mass is 16.2. The molecule has 4 rings (SSSR count). The van der Waals surface area contributed by atoms with Gasteiger partial charge in [-0.05, 0) is 44.0 Å². The molecular weight excluding hydrogens is 352 g/mol. The summed E-state index contributed by atoms with van der Waals surface area (Å²) in [6.45, 7) is 3.31. The third-order valence-electron chi connectivity index (χ3n) is 4.77. The van der Waals surface area contributed by atoms with Crippen LogP contribution >= 0.6 is 0 Å². The number of nitrogens with one attached hydrogen (secondary N) is 1. The second kappa shape index (κ2) is 8.12. The molecule has 0 aliphatic carbocycles. The van der Waals surface area contributed by atoms with E-state index in [9.17, 15) is 4.79 Å². The maximum Gasteiger partial charge on any atom is 0.255 e. The molecule has 0 saturated carbocycles. The van der Waals surface area contributed by atoms with Gasteiger partial charge in [0.1, 0.15) is 17.5 Å². The lowest BCUT2D eigenvalue weighted by molar-refractivity contribution is 0.0704. The van der Waals surface area contributed by atoms with Gasteiger partial charge in [-0.2, -0.15) is 0 Å². The molecule has 1 fully saturated rings. The second-order valence-electron chi connectivity index (χ2n) is 6.92. The zero-order chi connectivity index (χ0) is 19.3. The van der Waals surface area contributed by atoms with Crippen molar-refractivity contribution in [1.82, 2.24) is 24.8 Å². The monoisotopic (exact) mass is 374 g/mol. The van der Waals surface area contributed by atoms with E-state index < -0.39 is 0 Å². The maximum atomic E-state index is 12.8. The third-order valence-corrected chi connectivity index (χ3v) is 4.77. The minimum atomic E-state index is 0.0114. The predicted octanol–water partition coefficient (Wildman–Crippen LogP) is 3.34. The smallest absolute Gasteiger partial charge is 0.255 e. The van der Waals surface area contributed by atoms with E-state index in [2.05, 4.69) is 20.3 Å². The van der Waals surface area contributed by atoms with E-state index in [1.54, 1.807) is 30.7 Å². The van der Waals surface area contributed by atoms with Gasteiger partial charge in [0.2, 0.25) is 0 Å². The Morgan fingerprint density at radius 1 is 1.14 bits per heavy atom. The maximum absolute atomic E-state index is 12.8. The first-order valence-corrected chi connectivity index (χ1v) is 9.42. The standard InChI is InChI=1S/C21H22N6O/c1-15-12-19(25-18-8-2-3-10-23-18)26-20(24-15)17-7-5-11-27(14-17)21(28)16-6-4-9-22-13-16/h2-4,6,8-10,12-13,17H,5,7,11,14H2,1H3,(H,23,24,25,26)/t17-/m1/s1. The van der Waals surface area contributed by atoms with Gasteiger partial charge in [0, 0.05) is 49.4 Å². The summed E-state index contributed by atoms with van der Waals surface area (Å²) in [4.78, 5) is 32.3. The minimum absolute atomic E-state index is 0.0114. The molecular formula is C21H22N6O. The molecule has 28 heavy (non-hydrogen) atoms. The van der Waals surface area contributed by atoms with Crippen LogP contribution in [0.4, 0.5) is 11.6 Å². The van der Waals surface area contributed by atoms with Gasteiger partial charge in [0.25, 0.3) is 5.91 Å². The summed E-state index contributed by atoms with van der Waals surface area (Å²) in [5.41, 5.74) is 1.50. The van der Waals surface area contributed by atoms with Gasteiger partial charge < -0.3 is 10.2 Å². The van der Waals surface area contributed by atoms with Gasteiger partial charge in [0.15, 0.2) is 0 Å². The molecule has 3 aromatic rings. The van der Waals surface area contributed by atoms with Crippen molar-refractivity contribution < 1.29 is 4.79 Å². The number of aryl methyl sites for hydroxylation is 1. The predicted molar refractivity (Wildman–Crippen MR) is 106 cm³/mol. The summed E-state index contributed by atoms with van der Waals surface area (Å²) in [5, 5.41) is 3.23. The molecule has 7 nitrogen and oxygen atoms in total. The van der Waals surface area contributed by atoms with Gasteiger partial charge >= 0.3 is 0 Å². The fraction of sp³-hybridized carbons (Fsp3) is 0.286. The fourth-order valence-corrected chi connectivity index (χ4v) is 3.45. The largest absolute Gasteiger partial charge is 0.338 e. The molecule has 0 aromatic carbocycles. The van der Waals surface area contributed by atoms with Gasteiger partial charge in [-0.1, -0.05) is 6.07 Å². The van der Waals surface area contributed by atoms with Gasteiger partial charge in [-0.25, -0.2) is 15.0 Å². The molecule has 1 atom stereocenters. The molecule has 0 bridgehead atoms. The number of amides is 1. The quantitative estimate of drug-likeness (QED) is 0.754. The molecule has 3 aromatic heterocycles. The molecule has 1 amide bonds. The van der Waals surface area contributed by atoms with Crippen molar-refractivity contribution in [2.75, 3.05) is 18.4 Å². The van der Waals surface area contributed by atoms with Crippen LogP contribution in [-0.2, 0) is 0 Å². The lowest BCUT2D eigenvalue weighted by Gasteiger charge is -2.32. The van der Waals surface area contributed by atoms with E-state index >= 15 is 0 Å². The summed E-state index contributed by atoms with van der Waals surface area (Å²) in [7, 11) is 0. The average Bonchev–Trinajstić information content (AvgIpc) is 2.74. The molecule has 0 radical (unpaired) electrons. The number of carbonyl (C=O) groups excluding carboxylic acids is 1. The van der Waals surface area contributed by atoms with E-state index in [0.29, 0.717) is 12.1 Å². The van der Waals surface area contributed by atoms with Crippen molar-refractivity contribution >= 4 is 17.5 Å². The summed E-state index contributed by atoms with van der Waals surface area (Å²) in [5.74, 6) is 2.35. The Hall–Kier alpha value is -3.35. The van der Waals surface area contributed by atoms with Crippen LogP contribution in [0.25, 0.3) is 0 Å². The van der Waals surface area contributed by atoms with Crippen LogP contribution in [0, 0.1) is 6.92 Å². The molecule has 7 heteroatoms. The highest BCUT2D eigenvalue weighted by molar-refractivity contribution is 5.94. The third kappa shape index (κ3) is 4.14. The van der Waals surface area contributed by atoms with Crippen molar-refractivity contribution in [3.63, 3.8) is 0 Å². The Morgan fingerprint density at radius 2 is 2.07 bits per heavy atom. The Kier molecular flexibility index (Phi) is 5.23. The first-order chi connectivity index (χ1) is 13.7. The molecule has 1 N–H and O–H groups in total. The van der Waals surface area contributed by atoms with Crippen LogP contribution in [-0.4, -0.2) is 43.8 Å². The molecule has 1 aliphatic heterocycles. The number of pyridine rings is 2. The van der Waals surface area contributed by atoms with Crippen LogP contribution in [0.5, 0.6) is 0 Å². The van der Waals surface area contributed by atoms with Crippen molar-refractivity contribution in [2.45, 2.75) is 25.7 Å². The lowest BCUT2D eigenvalue weighted by atomic mass is 9.96. The Morgan fingerprint density at radius 3 is 2.86 bits per heavy atom. The first kappa shape index (κ1) is 18.0. The van der Waals surface area contributed by atoms with Crippen LogP contribution < -0.4 is 5.32 Å². The number of carbonyl (C=O) groups is 1. The number of hydrogen-bond acceptors (Lipinski definition) is 6. The number of nitrogens with zero attached hydrogens (tertiary/aromatic N) is 5. The van der Waals surface area contributed by atoms with E-state index in [1.807, 2.05) is 36.1 Å². The Bertz CT molecular complexity index is 948. The minimum Gasteiger partial charge on any atom is -0.338 e. The highest BCUT2D eigenvalue weighted by Gasteiger charge is 2.27. The van der Waals surface area contributed by atoms with Crippen LogP contribution in [0.3, 0.4) is 0 Å². The number of likely N-dealkylation sites (tertiary alicyclic amines) is 1. The molecule has 0 unspecified atom stereocenters. The number of aromatic nitrogens is 4. The summed E-state index contributed by atoms with van der Waals surface area (Å²) >= 11 is 0. The van der Waals surface area contributed by atoms with Crippen molar-refractivity contribution in [3.8, 4) is 0 Å². The topological polar surface area (TPSA) is 83.9 Å². The summed E-state index contributed by atoms with van der Waals surface area (Å²) in [6, 6.07) is 11.2. The van der Waals surface area contributed by atoms with Crippen molar-refractivity contribution in [2.24, 2.45) is 0 Å². The zero-order valence-electron chi connectivity index (χ0n) is 15.7. The van der Waals surface area contributed by atoms with Gasteiger partial charge in [0.05, 0.1) is 5.56 Å². The molecule has 1 aliphatic rings. The molecule has 142 valence electrons. The zero-order valence-corrected chi connectivity index (χ0v) is 15.7. The van der Waals surface area contributed by atoms with Gasteiger partial charge in [-0.3, -0.25) is 9.78 Å². The summed E-state index contributed by atoms with van der Waals surface area (Å²) in [6.07, 6.45) is 6.91. The second-order valence-corrected chi connectivity index (χ2v) is 6.92. The summed E-state index contributed by atoms with van der Waals surface area (Å²) < 4.78 is 0. The van der Waals surface area contributed by atoms with Gasteiger partial charge in [-0.15, -0.1) is 0 Å². The van der Waals surface area contributed by atoms with E-state index in [-0.39, 0.29) is 11.8 Å². The number of hydrogen-bond donors (Lipinski definition) is 1. The number of piperidine rings is 1. The Labute approximate surface area is 163 Å². The van der Waals surface area contributed by atoms with Crippen molar-refractivity contribution in [3.05, 3.63) is 72.1 Å². The van der Waals surface area contributed by atoms with Crippen LogP contribution in [0.2, 0.25) is 0 Å². The number of anilines is 2.